The average Bonchev–Trinajstić information content (AvgIpc) is 2.97. The van der Waals surface area contributed by atoms with Crippen molar-refractivity contribution in [2.45, 2.75) is 24.9 Å². The van der Waals surface area contributed by atoms with Crippen LogP contribution in [0.1, 0.15) is 29.5 Å². The van der Waals surface area contributed by atoms with Gasteiger partial charge in [0, 0.05) is 38.0 Å². The summed E-state index contributed by atoms with van der Waals surface area (Å²) in [6, 6.07) is -0.214. The van der Waals surface area contributed by atoms with Crippen LogP contribution in [0.4, 0.5) is 18.0 Å². The molecular formula is C13H18F3N3O2S. The molecule has 0 radical (unpaired) electrons. The fourth-order valence-corrected chi connectivity index (χ4v) is 3.29. The van der Waals surface area contributed by atoms with Crippen LogP contribution in [0.2, 0.25) is 0 Å². The number of urea groups is 1. The fraction of sp³-hybridized carbons (Fsp3) is 0.692. The Morgan fingerprint density at radius 3 is 3.00 bits per heavy atom. The summed E-state index contributed by atoms with van der Waals surface area (Å²) >= 11 is 1.01. The Morgan fingerprint density at radius 2 is 2.36 bits per heavy atom. The third-order valence-electron chi connectivity index (χ3n) is 3.45. The highest BCUT2D eigenvalue weighted by molar-refractivity contribution is 7.09. The van der Waals surface area contributed by atoms with E-state index in [2.05, 4.69) is 10.3 Å². The lowest BCUT2D eigenvalue weighted by Gasteiger charge is -2.31. The van der Waals surface area contributed by atoms with Gasteiger partial charge in [-0.3, -0.25) is 0 Å². The molecule has 0 aliphatic carbocycles. The van der Waals surface area contributed by atoms with Gasteiger partial charge in [0.15, 0.2) is 5.69 Å². The highest BCUT2D eigenvalue weighted by Gasteiger charge is 2.35. The smallest absolute Gasteiger partial charge is 0.383 e. The molecule has 1 aliphatic rings. The van der Waals surface area contributed by atoms with Gasteiger partial charge in [0.1, 0.15) is 0 Å². The first-order valence-electron chi connectivity index (χ1n) is 6.96. The van der Waals surface area contributed by atoms with Crippen molar-refractivity contribution in [1.29, 1.82) is 0 Å². The molecule has 2 heterocycles. The first kappa shape index (κ1) is 17.0. The number of thiazole rings is 1. The number of carbonyl (C=O) groups excluding carboxylic acids is 1. The predicted octanol–water partition coefficient (Wildman–Crippen LogP) is 2.70. The summed E-state index contributed by atoms with van der Waals surface area (Å²) in [4.78, 5) is 17.3. The zero-order valence-corrected chi connectivity index (χ0v) is 13.0. The lowest BCUT2D eigenvalue weighted by atomic mass is 9.99. The van der Waals surface area contributed by atoms with Crippen LogP contribution < -0.4 is 5.32 Å². The van der Waals surface area contributed by atoms with Crippen molar-refractivity contribution in [3.05, 3.63) is 16.1 Å². The molecule has 5 nitrogen and oxygen atoms in total. The minimum atomic E-state index is -4.42. The monoisotopic (exact) mass is 337 g/mol. The van der Waals surface area contributed by atoms with Gasteiger partial charge in [0.2, 0.25) is 0 Å². The van der Waals surface area contributed by atoms with Gasteiger partial charge in [0.25, 0.3) is 0 Å². The topological polar surface area (TPSA) is 54.5 Å². The molecule has 124 valence electrons. The summed E-state index contributed by atoms with van der Waals surface area (Å²) in [6.07, 6.45) is -2.92. The Hall–Kier alpha value is -1.35. The van der Waals surface area contributed by atoms with Gasteiger partial charge >= 0.3 is 12.2 Å². The first-order valence-corrected chi connectivity index (χ1v) is 7.84. The van der Waals surface area contributed by atoms with Gasteiger partial charge in [-0.15, -0.1) is 11.3 Å². The van der Waals surface area contributed by atoms with E-state index in [0.29, 0.717) is 31.2 Å². The Kier molecular flexibility index (Phi) is 5.63. The van der Waals surface area contributed by atoms with Crippen LogP contribution in [0.25, 0.3) is 0 Å². The summed E-state index contributed by atoms with van der Waals surface area (Å²) in [7, 11) is 1.55. The molecule has 1 saturated heterocycles. The zero-order valence-electron chi connectivity index (χ0n) is 12.2. The van der Waals surface area contributed by atoms with Crippen molar-refractivity contribution in [3.8, 4) is 0 Å². The Balaban J connectivity index is 1.95. The Labute approximate surface area is 130 Å². The molecule has 0 aromatic carbocycles. The predicted molar refractivity (Wildman–Crippen MR) is 75.9 cm³/mol. The number of hydrogen-bond acceptors (Lipinski definition) is 4. The molecule has 0 saturated carbocycles. The molecule has 0 spiro atoms. The molecule has 0 bridgehead atoms. The average molecular weight is 337 g/mol. The van der Waals surface area contributed by atoms with Crippen molar-refractivity contribution in [1.82, 2.24) is 15.2 Å². The maximum Gasteiger partial charge on any atom is 0.434 e. The number of piperidine rings is 1. The molecule has 1 atom stereocenters. The number of halogens is 3. The number of nitrogens with one attached hydrogen (secondary N) is 1. The lowest BCUT2D eigenvalue weighted by Crippen LogP contribution is -2.45. The number of aromatic nitrogens is 1. The molecule has 1 aromatic rings. The molecule has 2 rings (SSSR count). The van der Waals surface area contributed by atoms with E-state index in [1.54, 1.807) is 12.0 Å². The van der Waals surface area contributed by atoms with Crippen molar-refractivity contribution < 1.29 is 22.7 Å². The van der Waals surface area contributed by atoms with E-state index in [1.807, 2.05) is 0 Å². The second-order valence-corrected chi connectivity index (χ2v) is 5.97. The Morgan fingerprint density at radius 1 is 1.59 bits per heavy atom. The maximum absolute atomic E-state index is 12.6. The SMILES string of the molecule is COCCNC(=O)N1CCC[C@@H](c2nc(C(F)(F)F)cs2)C1. The van der Waals surface area contributed by atoms with Gasteiger partial charge in [-0.05, 0) is 12.8 Å². The number of ether oxygens (including phenoxy) is 1. The second kappa shape index (κ2) is 7.28. The normalized spacial score (nSPS) is 19.3. The maximum atomic E-state index is 12.6. The second-order valence-electron chi connectivity index (χ2n) is 5.08. The molecule has 1 N–H and O–H groups in total. The summed E-state index contributed by atoms with van der Waals surface area (Å²) in [5, 5.41) is 4.20. The standard InChI is InChI=1S/C13H18F3N3O2S/c1-21-6-4-17-12(20)19-5-2-3-9(7-19)11-18-10(8-22-11)13(14,15)16/h8-9H,2-7H2,1H3,(H,17,20)/t9-/m1/s1. The molecule has 1 aliphatic heterocycles. The van der Waals surface area contributed by atoms with Gasteiger partial charge in [-0.25, -0.2) is 9.78 Å². The molecule has 1 fully saturated rings. The van der Waals surface area contributed by atoms with Crippen molar-refractivity contribution in [2.75, 3.05) is 33.4 Å². The highest BCUT2D eigenvalue weighted by atomic mass is 32.1. The number of alkyl halides is 3. The third-order valence-corrected chi connectivity index (χ3v) is 4.46. The molecule has 9 heteroatoms. The number of hydrogen-bond donors (Lipinski definition) is 1. The summed E-state index contributed by atoms with van der Waals surface area (Å²) < 4.78 is 42.7. The van der Waals surface area contributed by atoms with Gasteiger partial charge < -0.3 is 15.0 Å². The lowest BCUT2D eigenvalue weighted by molar-refractivity contribution is -0.140. The number of amides is 2. The number of carbonyl (C=O) groups is 1. The van der Waals surface area contributed by atoms with Crippen LogP contribution >= 0.6 is 11.3 Å². The summed E-state index contributed by atoms with van der Waals surface area (Å²) in [5.41, 5.74) is -0.853. The zero-order chi connectivity index (χ0) is 16.2. The van der Waals surface area contributed by atoms with Gasteiger partial charge in [0.05, 0.1) is 11.6 Å². The van der Waals surface area contributed by atoms with E-state index in [1.165, 1.54) is 0 Å². The van der Waals surface area contributed by atoms with E-state index in [9.17, 15) is 18.0 Å². The van der Waals surface area contributed by atoms with E-state index in [-0.39, 0.29) is 11.9 Å². The number of rotatable bonds is 4. The minimum Gasteiger partial charge on any atom is -0.383 e. The van der Waals surface area contributed by atoms with Gasteiger partial charge in [-0.1, -0.05) is 0 Å². The van der Waals surface area contributed by atoms with Gasteiger partial charge in [-0.2, -0.15) is 13.2 Å². The van der Waals surface area contributed by atoms with Crippen LogP contribution in [-0.4, -0.2) is 49.3 Å². The van der Waals surface area contributed by atoms with E-state index in [0.717, 1.165) is 29.6 Å². The largest absolute Gasteiger partial charge is 0.434 e. The van der Waals surface area contributed by atoms with Crippen molar-refractivity contribution in [2.24, 2.45) is 0 Å². The molecular weight excluding hydrogens is 319 g/mol. The van der Waals surface area contributed by atoms with Crippen LogP contribution in [-0.2, 0) is 10.9 Å². The number of nitrogens with zero attached hydrogens (tertiary/aromatic N) is 2. The number of likely N-dealkylation sites (tertiary alicyclic amines) is 1. The minimum absolute atomic E-state index is 0.136. The molecule has 22 heavy (non-hydrogen) atoms. The van der Waals surface area contributed by atoms with Crippen molar-refractivity contribution >= 4 is 17.4 Å². The number of methoxy groups -OCH3 is 1. The fourth-order valence-electron chi connectivity index (χ4n) is 2.34. The van der Waals surface area contributed by atoms with Crippen LogP contribution in [0.15, 0.2) is 5.38 Å². The van der Waals surface area contributed by atoms with Crippen LogP contribution in [0.3, 0.4) is 0 Å². The van der Waals surface area contributed by atoms with E-state index in [4.69, 9.17) is 4.74 Å². The third kappa shape index (κ3) is 4.33. The molecule has 2 amide bonds. The summed E-state index contributed by atoms with van der Waals surface area (Å²) in [5.74, 6) is -0.136. The summed E-state index contributed by atoms with van der Waals surface area (Å²) in [6.45, 7) is 1.83. The Bertz CT molecular complexity index is 507. The molecule has 0 unspecified atom stereocenters. The quantitative estimate of drug-likeness (QED) is 0.860. The van der Waals surface area contributed by atoms with Crippen LogP contribution in [0, 0.1) is 0 Å². The highest BCUT2D eigenvalue weighted by Crippen LogP contribution is 2.34. The van der Waals surface area contributed by atoms with E-state index >= 15 is 0 Å². The molecule has 1 aromatic heterocycles. The van der Waals surface area contributed by atoms with Crippen LogP contribution in [0.5, 0.6) is 0 Å². The van der Waals surface area contributed by atoms with E-state index < -0.39 is 11.9 Å². The first-order chi connectivity index (χ1) is 10.4. The van der Waals surface area contributed by atoms with Crippen molar-refractivity contribution in [3.63, 3.8) is 0 Å².